The Morgan fingerprint density at radius 1 is 0.875 bits per heavy atom. The van der Waals surface area contributed by atoms with E-state index >= 15 is 0 Å². The van der Waals surface area contributed by atoms with Gasteiger partial charge in [0.25, 0.3) is 0 Å². The van der Waals surface area contributed by atoms with Crippen LogP contribution < -0.4 is 4.74 Å². The number of hydrogen-bond donors (Lipinski definition) is 0. The number of para-hydroxylation sites is 2. The normalized spacial score (nSPS) is 13.2. The number of terminal acetylenes is 1. The van der Waals surface area contributed by atoms with Crippen LogP contribution in [-0.2, 0) is 0 Å². The average molecular weight is 206 g/mol. The van der Waals surface area contributed by atoms with Gasteiger partial charge in [0.05, 0.1) is 5.92 Å². The van der Waals surface area contributed by atoms with Gasteiger partial charge in [0, 0.05) is 11.1 Å². The molecular formula is C15H10O. The zero-order valence-corrected chi connectivity index (χ0v) is 8.68. The van der Waals surface area contributed by atoms with Crippen LogP contribution in [0.1, 0.15) is 17.0 Å². The molecule has 0 fully saturated rings. The van der Waals surface area contributed by atoms with E-state index in [1.807, 2.05) is 48.5 Å². The Morgan fingerprint density at radius 2 is 1.38 bits per heavy atom. The molecule has 0 spiro atoms. The highest BCUT2D eigenvalue weighted by Gasteiger charge is 2.24. The standard InChI is InChI=1S/C15H10O/c1-2-11-12-7-3-5-9-14(12)16-15-10-6-4-8-13(11)15/h1,3-11H. The fourth-order valence-electron chi connectivity index (χ4n) is 2.09. The molecule has 1 heteroatoms. The van der Waals surface area contributed by atoms with Gasteiger partial charge < -0.3 is 4.74 Å². The smallest absolute Gasteiger partial charge is 0.132 e. The fraction of sp³-hybridized carbons (Fsp3) is 0.0667. The summed E-state index contributed by atoms with van der Waals surface area (Å²) < 4.78 is 5.81. The summed E-state index contributed by atoms with van der Waals surface area (Å²) >= 11 is 0. The van der Waals surface area contributed by atoms with Crippen LogP contribution in [0, 0.1) is 12.3 Å². The molecule has 0 saturated heterocycles. The van der Waals surface area contributed by atoms with Gasteiger partial charge >= 0.3 is 0 Å². The van der Waals surface area contributed by atoms with E-state index in [0.717, 1.165) is 22.6 Å². The minimum atomic E-state index is 0.00106. The summed E-state index contributed by atoms with van der Waals surface area (Å²) in [6.07, 6.45) is 5.63. The summed E-state index contributed by atoms with van der Waals surface area (Å²) in [4.78, 5) is 0. The predicted octanol–water partition coefficient (Wildman–Crippen LogP) is 3.56. The van der Waals surface area contributed by atoms with Gasteiger partial charge in [0.15, 0.2) is 0 Å². The number of ether oxygens (including phenoxy) is 1. The highest BCUT2D eigenvalue weighted by atomic mass is 16.5. The molecule has 0 atom stereocenters. The van der Waals surface area contributed by atoms with Gasteiger partial charge in [-0.25, -0.2) is 0 Å². The molecule has 76 valence electrons. The van der Waals surface area contributed by atoms with Crippen molar-refractivity contribution in [2.45, 2.75) is 5.92 Å². The van der Waals surface area contributed by atoms with Crippen LogP contribution in [-0.4, -0.2) is 0 Å². The van der Waals surface area contributed by atoms with Gasteiger partial charge in [-0.3, -0.25) is 0 Å². The van der Waals surface area contributed by atoms with Crippen molar-refractivity contribution in [1.82, 2.24) is 0 Å². The lowest BCUT2D eigenvalue weighted by atomic mass is 9.89. The number of hydrogen-bond acceptors (Lipinski definition) is 1. The molecule has 0 N–H and O–H groups in total. The number of fused-ring (bicyclic) bond motifs is 2. The molecule has 2 aromatic rings. The van der Waals surface area contributed by atoms with Gasteiger partial charge in [-0.1, -0.05) is 42.3 Å². The van der Waals surface area contributed by atoms with E-state index in [1.165, 1.54) is 0 Å². The second-order valence-electron chi connectivity index (χ2n) is 3.78. The molecule has 1 heterocycles. The molecule has 0 saturated carbocycles. The second kappa shape index (κ2) is 3.43. The molecule has 16 heavy (non-hydrogen) atoms. The molecule has 0 aromatic heterocycles. The first-order chi connectivity index (χ1) is 7.90. The molecule has 1 aliphatic rings. The zero-order valence-electron chi connectivity index (χ0n) is 8.68. The Morgan fingerprint density at radius 3 is 1.88 bits per heavy atom. The molecule has 0 radical (unpaired) electrons. The molecule has 0 aliphatic carbocycles. The minimum absolute atomic E-state index is 0.00106. The van der Waals surface area contributed by atoms with Gasteiger partial charge in [0.1, 0.15) is 11.5 Å². The largest absolute Gasteiger partial charge is 0.457 e. The van der Waals surface area contributed by atoms with Crippen molar-refractivity contribution in [3.05, 3.63) is 59.7 Å². The first-order valence-corrected chi connectivity index (χ1v) is 5.22. The summed E-state index contributed by atoms with van der Waals surface area (Å²) in [5, 5.41) is 0. The van der Waals surface area contributed by atoms with Crippen LogP contribution in [0.3, 0.4) is 0 Å². The molecule has 0 unspecified atom stereocenters. The number of rotatable bonds is 0. The van der Waals surface area contributed by atoms with E-state index in [0.29, 0.717) is 0 Å². The molecule has 0 bridgehead atoms. The van der Waals surface area contributed by atoms with Crippen molar-refractivity contribution >= 4 is 0 Å². The number of benzene rings is 2. The Bertz CT molecular complexity index is 532. The third kappa shape index (κ3) is 1.20. The Kier molecular flexibility index (Phi) is 1.94. The van der Waals surface area contributed by atoms with E-state index in [4.69, 9.17) is 11.2 Å². The summed E-state index contributed by atoms with van der Waals surface area (Å²) in [6, 6.07) is 15.8. The SMILES string of the molecule is C#CC1c2ccccc2Oc2ccccc21. The van der Waals surface area contributed by atoms with Crippen LogP contribution >= 0.6 is 0 Å². The molecule has 3 rings (SSSR count). The highest BCUT2D eigenvalue weighted by Crippen LogP contribution is 2.43. The van der Waals surface area contributed by atoms with Crippen LogP contribution in [0.2, 0.25) is 0 Å². The highest BCUT2D eigenvalue weighted by molar-refractivity contribution is 5.56. The van der Waals surface area contributed by atoms with Crippen molar-refractivity contribution < 1.29 is 4.74 Å². The lowest BCUT2D eigenvalue weighted by Crippen LogP contribution is -2.08. The van der Waals surface area contributed by atoms with Crippen LogP contribution in [0.5, 0.6) is 11.5 Å². The fourth-order valence-corrected chi connectivity index (χ4v) is 2.09. The molecule has 1 nitrogen and oxygen atoms in total. The average Bonchev–Trinajstić information content (AvgIpc) is 2.36. The summed E-state index contributed by atoms with van der Waals surface area (Å²) in [7, 11) is 0. The van der Waals surface area contributed by atoms with Crippen molar-refractivity contribution in [2.75, 3.05) is 0 Å². The van der Waals surface area contributed by atoms with E-state index in [1.54, 1.807) is 0 Å². The van der Waals surface area contributed by atoms with Crippen LogP contribution in [0.4, 0.5) is 0 Å². The second-order valence-corrected chi connectivity index (χ2v) is 3.78. The maximum absolute atomic E-state index is 5.81. The summed E-state index contributed by atoms with van der Waals surface area (Å²) in [6.45, 7) is 0. The third-order valence-electron chi connectivity index (χ3n) is 2.85. The molecule has 1 aliphatic heterocycles. The van der Waals surface area contributed by atoms with E-state index in [2.05, 4.69) is 5.92 Å². The summed E-state index contributed by atoms with van der Waals surface area (Å²) in [5.41, 5.74) is 2.15. The van der Waals surface area contributed by atoms with Crippen molar-refractivity contribution in [3.63, 3.8) is 0 Å². The first-order valence-electron chi connectivity index (χ1n) is 5.22. The monoisotopic (exact) mass is 206 g/mol. The molecular weight excluding hydrogens is 196 g/mol. The Labute approximate surface area is 94.7 Å². The molecule has 0 amide bonds. The van der Waals surface area contributed by atoms with Gasteiger partial charge in [-0.05, 0) is 12.1 Å². The Balaban J connectivity index is 2.24. The van der Waals surface area contributed by atoms with E-state index in [9.17, 15) is 0 Å². The van der Waals surface area contributed by atoms with Gasteiger partial charge in [-0.15, -0.1) is 6.42 Å². The van der Waals surface area contributed by atoms with Crippen molar-refractivity contribution in [3.8, 4) is 23.8 Å². The van der Waals surface area contributed by atoms with Crippen molar-refractivity contribution in [1.29, 1.82) is 0 Å². The molecule has 2 aromatic carbocycles. The van der Waals surface area contributed by atoms with E-state index in [-0.39, 0.29) is 5.92 Å². The van der Waals surface area contributed by atoms with Gasteiger partial charge in [-0.2, -0.15) is 0 Å². The first kappa shape index (κ1) is 9.06. The minimum Gasteiger partial charge on any atom is -0.457 e. The van der Waals surface area contributed by atoms with E-state index < -0.39 is 0 Å². The lowest BCUT2D eigenvalue weighted by molar-refractivity contribution is 0.455. The maximum Gasteiger partial charge on any atom is 0.132 e. The topological polar surface area (TPSA) is 9.23 Å². The van der Waals surface area contributed by atoms with Crippen molar-refractivity contribution in [2.24, 2.45) is 0 Å². The predicted molar refractivity (Wildman–Crippen MR) is 63.6 cm³/mol. The maximum atomic E-state index is 5.81. The van der Waals surface area contributed by atoms with Crippen LogP contribution in [0.15, 0.2) is 48.5 Å². The van der Waals surface area contributed by atoms with Crippen LogP contribution in [0.25, 0.3) is 0 Å². The van der Waals surface area contributed by atoms with Gasteiger partial charge in [0.2, 0.25) is 0 Å². The Hall–Kier alpha value is -2.20. The lowest BCUT2D eigenvalue weighted by Gasteiger charge is -2.24. The quantitative estimate of drug-likeness (QED) is 0.599. The zero-order chi connectivity index (χ0) is 11.0. The third-order valence-corrected chi connectivity index (χ3v) is 2.85. The summed E-state index contributed by atoms with van der Waals surface area (Å²) in [5.74, 6) is 4.57.